The van der Waals surface area contributed by atoms with E-state index in [-0.39, 0.29) is 31.5 Å². The molecule has 0 bridgehead atoms. The average Bonchev–Trinajstić information content (AvgIpc) is 3.32. The summed E-state index contributed by atoms with van der Waals surface area (Å²) >= 11 is 1.66. The molecule has 2 rings (SSSR count). The normalized spacial score (nSPS) is 14.9. The van der Waals surface area contributed by atoms with Gasteiger partial charge >= 0.3 is 0 Å². The van der Waals surface area contributed by atoms with Crippen LogP contribution >= 0.6 is 11.3 Å². The predicted molar refractivity (Wildman–Crippen MR) is 164 cm³/mol. The molecule has 2 heterocycles. The number of thiophene rings is 1. The van der Waals surface area contributed by atoms with Crippen molar-refractivity contribution in [1.82, 2.24) is 0 Å². The molecule has 0 spiro atoms. The molecule has 0 fully saturated rings. The summed E-state index contributed by atoms with van der Waals surface area (Å²) in [6.45, 7) is 10.4. The SMILES string of the molecule is COCCOCC(COCCOC)OCC(COC(COCCOC)COCCOC)OCC1COc2c(C)sc(C)c2O1. The van der Waals surface area contributed by atoms with Gasteiger partial charge in [0.15, 0.2) is 17.6 Å². The third kappa shape index (κ3) is 16.4. The first kappa shape index (κ1) is 39.0. The maximum Gasteiger partial charge on any atom is 0.175 e. The summed E-state index contributed by atoms with van der Waals surface area (Å²) in [4.78, 5) is 2.19. The summed E-state index contributed by atoms with van der Waals surface area (Å²) in [6, 6.07) is 0. The first-order valence-corrected chi connectivity index (χ1v) is 15.8. The van der Waals surface area contributed by atoms with Crippen LogP contribution in [0.5, 0.6) is 11.5 Å². The summed E-state index contributed by atoms with van der Waals surface area (Å²) in [5.41, 5.74) is 0. The Morgan fingerprint density at radius 2 is 0.977 bits per heavy atom. The molecule has 14 heteroatoms. The second-order valence-corrected chi connectivity index (χ2v) is 11.5. The van der Waals surface area contributed by atoms with Crippen LogP contribution in [0.15, 0.2) is 0 Å². The summed E-state index contributed by atoms with van der Waals surface area (Å²) < 4.78 is 74.3. The van der Waals surface area contributed by atoms with Gasteiger partial charge in [0.05, 0.1) is 99.1 Å². The number of methoxy groups -OCH3 is 4. The van der Waals surface area contributed by atoms with Gasteiger partial charge in [0.1, 0.15) is 24.9 Å². The zero-order chi connectivity index (χ0) is 31.8. The molecular formula is C30H54O13S. The maximum absolute atomic E-state index is 6.32. The molecule has 0 aliphatic carbocycles. The quantitative estimate of drug-likeness (QED) is 0.118. The van der Waals surface area contributed by atoms with Gasteiger partial charge in [-0.1, -0.05) is 0 Å². The summed E-state index contributed by atoms with van der Waals surface area (Å²) in [6.07, 6.45) is -1.35. The number of hydrogen-bond acceptors (Lipinski definition) is 14. The van der Waals surface area contributed by atoms with Crippen molar-refractivity contribution >= 4 is 11.3 Å². The lowest BCUT2D eigenvalue weighted by Gasteiger charge is -2.29. The minimum absolute atomic E-state index is 0.239. The Morgan fingerprint density at radius 3 is 1.41 bits per heavy atom. The van der Waals surface area contributed by atoms with Gasteiger partial charge in [0.2, 0.25) is 0 Å². The van der Waals surface area contributed by atoms with Crippen LogP contribution in [0, 0.1) is 13.8 Å². The van der Waals surface area contributed by atoms with Gasteiger partial charge in [-0.2, -0.15) is 0 Å². The topological polar surface area (TPSA) is 120 Å². The Morgan fingerprint density at radius 1 is 0.568 bits per heavy atom. The molecule has 1 aliphatic heterocycles. The number of rotatable bonds is 29. The van der Waals surface area contributed by atoms with Crippen LogP contribution in [0.4, 0.5) is 0 Å². The first-order valence-electron chi connectivity index (χ1n) is 15.0. The highest BCUT2D eigenvalue weighted by Gasteiger charge is 2.28. The van der Waals surface area contributed by atoms with Crippen LogP contribution in [0.3, 0.4) is 0 Å². The van der Waals surface area contributed by atoms with Crippen molar-refractivity contribution in [2.45, 2.75) is 38.3 Å². The lowest BCUT2D eigenvalue weighted by atomic mass is 10.3. The smallest absolute Gasteiger partial charge is 0.175 e. The molecule has 1 atom stereocenters. The van der Waals surface area contributed by atoms with Gasteiger partial charge in [-0.15, -0.1) is 11.3 Å². The molecule has 1 aliphatic rings. The molecule has 0 saturated carbocycles. The molecule has 258 valence electrons. The Balaban J connectivity index is 2.01. The standard InChI is InChI=1S/C30H54O13S/c1-23-29-30(24(2)44-23)43-28(22-42-29)21-41-27(19-39-25(15-35-11-7-31-3)16-36-12-8-32-4)20-40-26(17-37-13-9-33-5)18-38-14-10-34-6/h25-28H,7-22H2,1-6H3. The van der Waals surface area contributed by atoms with E-state index in [1.807, 2.05) is 13.8 Å². The predicted octanol–water partition coefficient (Wildman–Crippen LogP) is 2.31. The van der Waals surface area contributed by atoms with Crippen molar-refractivity contribution in [3.8, 4) is 11.5 Å². The van der Waals surface area contributed by atoms with Crippen LogP contribution in [0.25, 0.3) is 0 Å². The fraction of sp³-hybridized carbons (Fsp3) is 0.867. The van der Waals surface area contributed by atoms with Crippen LogP contribution < -0.4 is 9.47 Å². The monoisotopic (exact) mass is 654 g/mol. The molecular weight excluding hydrogens is 600 g/mol. The number of hydrogen-bond donors (Lipinski definition) is 0. The maximum atomic E-state index is 6.32. The van der Waals surface area contributed by atoms with Crippen LogP contribution in [-0.4, -0.2) is 159 Å². The Hall–Kier alpha value is -1.14. The van der Waals surface area contributed by atoms with Crippen molar-refractivity contribution in [3.63, 3.8) is 0 Å². The van der Waals surface area contributed by atoms with Gasteiger partial charge in [-0.3, -0.25) is 0 Å². The second-order valence-electron chi connectivity index (χ2n) is 10.1. The lowest BCUT2D eigenvalue weighted by Crippen LogP contribution is -2.39. The molecule has 0 saturated heterocycles. The van der Waals surface area contributed by atoms with Gasteiger partial charge in [0.25, 0.3) is 0 Å². The Bertz CT molecular complexity index is 771. The van der Waals surface area contributed by atoms with Crippen molar-refractivity contribution in [3.05, 3.63) is 9.75 Å². The third-order valence-corrected chi connectivity index (χ3v) is 7.33. The van der Waals surface area contributed by atoms with E-state index in [9.17, 15) is 0 Å². The zero-order valence-electron chi connectivity index (χ0n) is 27.3. The Labute approximate surface area is 266 Å². The molecule has 0 radical (unpaired) electrons. The van der Waals surface area contributed by atoms with Crippen LogP contribution in [-0.2, 0) is 52.1 Å². The summed E-state index contributed by atoms with van der Waals surface area (Å²) in [5, 5.41) is 0. The van der Waals surface area contributed by atoms with E-state index in [1.165, 1.54) is 0 Å². The molecule has 0 amide bonds. The van der Waals surface area contributed by atoms with E-state index in [4.69, 9.17) is 61.6 Å². The molecule has 1 unspecified atom stereocenters. The van der Waals surface area contributed by atoms with E-state index in [1.54, 1.807) is 39.8 Å². The van der Waals surface area contributed by atoms with E-state index >= 15 is 0 Å². The van der Waals surface area contributed by atoms with Crippen molar-refractivity contribution in [2.75, 3.05) is 134 Å². The molecule has 1 aromatic rings. The largest absolute Gasteiger partial charge is 0.485 e. The molecule has 1 aromatic heterocycles. The molecule has 13 nitrogen and oxygen atoms in total. The van der Waals surface area contributed by atoms with Gasteiger partial charge in [0, 0.05) is 38.2 Å². The highest BCUT2D eigenvalue weighted by Crippen LogP contribution is 2.43. The Kier molecular flexibility index (Phi) is 22.2. The van der Waals surface area contributed by atoms with Crippen molar-refractivity contribution < 1.29 is 61.6 Å². The fourth-order valence-electron chi connectivity index (χ4n) is 4.00. The minimum Gasteiger partial charge on any atom is -0.485 e. The van der Waals surface area contributed by atoms with Crippen LogP contribution in [0.2, 0.25) is 0 Å². The first-order chi connectivity index (χ1) is 21.5. The van der Waals surface area contributed by atoms with Crippen LogP contribution in [0.1, 0.15) is 9.75 Å². The van der Waals surface area contributed by atoms with E-state index in [2.05, 4.69) is 0 Å². The van der Waals surface area contributed by atoms with Gasteiger partial charge in [-0.25, -0.2) is 0 Å². The fourth-order valence-corrected chi connectivity index (χ4v) is 4.93. The molecule has 0 aromatic carbocycles. The third-order valence-electron chi connectivity index (χ3n) is 6.35. The molecule has 44 heavy (non-hydrogen) atoms. The summed E-state index contributed by atoms with van der Waals surface area (Å²) in [5.74, 6) is 1.61. The highest BCUT2D eigenvalue weighted by molar-refractivity contribution is 7.12. The highest BCUT2D eigenvalue weighted by atomic mass is 32.1. The minimum atomic E-state index is -0.425. The van der Waals surface area contributed by atoms with Crippen molar-refractivity contribution in [1.29, 1.82) is 0 Å². The second kappa shape index (κ2) is 25.0. The average molecular weight is 655 g/mol. The molecule has 0 N–H and O–H groups in total. The number of ether oxygens (including phenoxy) is 13. The zero-order valence-corrected chi connectivity index (χ0v) is 28.2. The summed E-state index contributed by atoms with van der Waals surface area (Å²) in [7, 11) is 6.53. The van der Waals surface area contributed by atoms with E-state index < -0.39 is 6.10 Å². The van der Waals surface area contributed by atoms with E-state index in [0.29, 0.717) is 92.5 Å². The van der Waals surface area contributed by atoms with E-state index in [0.717, 1.165) is 21.3 Å². The van der Waals surface area contributed by atoms with Crippen molar-refractivity contribution in [2.24, 2.45) is 0 Å². The number of fused-ring (bicyclic) bond motifs is 1. The van der Waals surface area contributed by atoms with Gasteiger partial charge in [-0.05, 0) is 13.8 Å². The number of aryl methyl sites for hydroxylation is 2. The lowest BCUT2D eigenvalue weighted by molar-refractivity contribution is -0.140. The van der Waals surface area contributed by atoms with Gasteiger partial charge < -0.3 is 61.6 Å².